The van der Waals surface area contributed by atoms with Crippen LogP contribution in [-0.4, -0.2) is 17.9 Å². The second-order valence-corrected chi connectivity index (χ2v) is 2.08. The molecule has 0 saturated heterocycles. The van der Waals surface area contributed by atoms with Crippen LogP contribution in [0.25, 0.3) is 0 Å². The minimum atomic E-state index is -0.769. The lowest BCUT2D eigenvalue weighted by atomic mass is 10.1. The lowest BCUT2D eigenvalue weighted by Gasteiger charge is -2.04. The van der Waals surface area contributed by atoms with E-state index >= 15 is 0 Å². The van der Waals surface area contributed by atoms with Gasteiger partial charge in [0.2, 0.25) is 5.91 Å². The normalized spacial score (nSPS) is 11.8. The van der Waals surface area contributed by atoms with Gasteiger partial charge in [0, 0.05) is 7.05 Å². The van der Waals surface area contributed by atoms with Gasteiger partial charge in [0.05, 0.1) is 4.92 Å². The molecule has 0 aromatic rings. The van der Waals surface area contributed by atoms with Crippen molar-refractivity contribution in [1.29, 1.82) is 0 Å². The number of amides is 1. The van der Waals surface area contributed by atoms with Crippen molar-refractivity contribution in [2.75, 3.05) is 7.05 Å². The van der Waals surface area contributed by atoms with Gasteiger partial charge in [0.15, 0.2) is 0 Å². The molecule has 0 aromatic heterocycles. The average molecular weight is 158 g/mol. The minimum absolute atomic E-state index is 0.288. The van der Waals surface area contributed by atoms with E-state index in [1.807, 2.05) is 0 Å². The zero-order chi connectivity index (χ0) is 9.02. The van der Waals surface area contributed by atoms with Gasteiger partial charge < -0.3 is 5.32 Å². The van der Waals surface area contributed by atoms with Gasteiger partial charge in [-0.25, -0.2) is 0 Å². The van der Waals surface area contributed by atoms with Gasteiger partial charge in [-0.3, -0.25) is 14.9 Å². The summed E-state index contributed by atoms with van der Waals surface area (Å²) in [5.41, 5.74) is -0.288. The molecule has 5 heteroatoms. The van der Waals surface area contributed by atoms with Crippen molar-refractivity contribution in [2.45, 2.75) is 6.92 Å². The first kappa shape index (κ1) is 9.61. The summed E-state index contributed by atoms with van der Waals surface area (Å²) in [6, 6.07) is 0. The molecule has 0 aliphatic rings. The maximum atomic E-state index is 10.8. The number of hydrogen-bond donors (Lipinski definition) is 1. The molecule has 1 unspecified atom stereocenters. The van der Waals surface area contributed by atoms with Gasteiger partial charge in [0.25, 0.3) is 5.70 Å². The molecular weight excluding hydrogens is 148 g/mol. The Morgan fingerprint density at radius 3 is 2.45 bits per heavy atom. The molecule has 1 N–H and O–H groups in total. The van der Waals surface area contributed by atoms with E-state index < -0.39 is 16.7 Å². The molecule has 0 spiro atoms. The highest BCUT2D eigenvalue weighted by atomic mass is 16.6. The first-order valence-electron chi connectivity index (χ1n) is 3.05. The zero-order valence-electron chi connectivity index (χ0n) is 6.46. The highest BCUT2D eigenvalue weighted by Crippen LogP contribution is 2.07. The molecule has 62 valence electrons. The fraction of sp³-hybridized carbons (Fsp3) is 0.500. The van der Waals surface area contributed by atoms with Crippen LogP contribution in [0.5, 0.6) is 0 Å². The van der Waals surface area contributed by atoms with Crippen LogP contribution >= 0.6 is 0 Å². The number of rotatable bonds is 3. The molecule has 0 bridgehead atoms. The van der Waals surface area contributed by atoms with Crippen LogP contribution in [0.3, 0.4) is 0 Å². The monoisotopic (exact) mass is 158 g/mol. The predicted octanol–water partition coefficient (Wildman–Crippen LogP) is 0.159. The summed E-state index contributed by atoms with van der Waals surface area (Å²) in [7, 11) is 1.42. The van der Waals surface area contributed by atoms with Crippen molar-refractivity contribution in [2.24, 2.45) is 5.92 Å². The van der Waals surface area contributed by atoms with Gasteiger partial charge in [-0.2, -0.15) is 0 Å². The van der Waals surface area contributed by atoms with Crippen LogP contribution in [0.15, 0.2) is 12.3 Å². The summed E-state index contributed by atoms with van der Waals surface area (Å²) >= 11 is 0. The smallest absolute Gasteiger partial charge is 0.251 e. The maximum absolute atomic E-state index is 10.8. The summed E-state index contributed by atoms with van der Waals surface area (Å²) in [4.78, 5) is 20.2. The Labute approximate surface area is 64.2 Å². The second kappa shape index (κ2) is 3.70. The van der Waals surface area contributed by atoms with Crippen LogP contribution in [0.4, 0.5) is 0 Å². The van der Waals surface area contributed by atoms with E-state index in [1.54, 1.807) is 0 Å². The number of carbonyl (C=O) groups excluding carboxylic acids is 1. The van der Waals surface area contributed by atoms with Gasteiger partial charge in [-0.15, -0.1) is 0 Å². The summed E-state index contributed by atoms with van der Waals surface area (Å²) < 4.78 is 0. The lowest BCUT2D eigenvalue weighted by Crippen LogP contribution is -2.28. The quantitative estimate of drug-likeness (QED) is 0.469. The Balaban J connectivity index is 4.25. The van der Waals surface area contributed by atoms with Crippen molar-refractivity contribution >= 4 is 5.91 Å². The van der Waals surface area contributed by atoms with Crippen molar-refractivity contribution in [1.82, 2.24) is 5.32 Å². The van der Waals surface area contributed by atoms with E-state index in [9.17, 15) is 14.9 Å². The Kier molecular flexibility index (Phi) is 3.23. The van der Waals surface area contributed by atoms with Gasteiger partial charge >= 0.3 is 0 Å². The Hall–Kier alpha value is -1.39. The topological polar surface area (TPSA) is 72.2 Å². The number of nitrogens with zero attached hydrogens (tertiary/aromatic N) is 1. The van der Waals surface area contributed by atoms with Gasteiger partial charge in [0.1, 0.15) is 5.92 Å². The minimum Gasteiger partial charge on any atom is -0.358 e. The highest BCUT2D eigenvalue weighted by molar-refractivity contribution is 5.80. The Bertz CT molecular complexity index is 200. The average Bonchev–Trinajstić information content (AvgIpc) is 2.00. The Morgan fingerprint density at radius 2 is 2.18 bits per heavy atom. The van der Waals surface area contributed by atoms with Crippen LogP contribution in [0.2, 0.25) is 0 Å². The van der Waals surface area contributed by atoms with E-state index in [0.717, 1.165) is 0 Å². The van der Waals surface area contributed by atoms with E-state index in [-0.39, 0.29) is 5.70 Å². The van der Waals surface area contributed by atoms with Crippen molar-refractivity contribution in [3.63, 3.8) is 0 Å². The molecule has 0 saturated carbocycles. The van der Waals surface area contributed by atoms with Crippen LogP contribution < -0.4 is 5.32 Å². The van der Waals surface area contributed by atoms with Crippen LogP contribution in [-0.2, 0) is 4.79 Å². The van der Waals surface area contributed by atoms with Crippen molar-refractivity contribution in [3.8, 4) is 0 Å². The van der Waals surface area contributed by atoms with E-state index in [2.05, 4.69) is 11.9 Å². The van der Waals surface area contributed by atoms with Crippen LogP contribution in [0, 0.1) is 16.0 Å². The highest BCUT2D eigenvalue weighted by Gasteiger charge is 2.23. The number of nitrogens with one attached hydrogen (secondary N) is 1. The molecule has 0 aliphatic heterocycles. The van der Waals surface area contributed by atoms with E-state index in [1.165, 1.54) is 14.0 Å². The first-order chi connectivity index (χ1) is 5.00. The molecule has 0 rings (SSSR count). The van der Waals surface area contributed by atoms with Gasteiger partial charge in [-0.1, -0.05) is 0 Å². The van der Waals surface area contributed by atoms with Crippen molar-refractivity contribution in [3.05, 3.63) is 22.4 Å². The third-order valence-electron chi connectivity index (χ3n) is 1.37. The molecule has 0 heterocycles. The second-order valence-electron chi connectivity index (χ2n) is 2.08. The summed E-state index contributed by atoms with van der Waals surface area (Å²) in [6.45, 7) is 4.60. The molecule has 5 nitrogen and oxygen atoms in total. The molecule has 0 radical (unpaired) electrons. The number of nitro groups is 1. The fourth-order valence-electron chi connectivity index (χ4n) is 0.526. The molecule has 0 fully saturated rings. The maximum Gasteiger partial charge on any atom is 0.251 e. The molecule has 1 amide bonds. The number of carbonyl (C=O) groups is 1. The fourth-order valence-corrected chi connectivity index (χ4v) is 0.526. The van der Waals surface area contributed by atoms with Crippen molar-refractivity contribution < 1.29 is 9.72 Å². The van der Waals surface area contributed by atoms with E-state index in [0.29, 0.717) is 0 Å². The molecule has 0 aromatic carbocycles. The largest absolute Gasteiger partial charge is 0.358 e. The summed E-state index contributed by atoms with van der Waals surface area (Å²) in [6.07, 6.45) is 0. The lowest BCUT2D eigenvalue weighted by molar-refractivity contribution is -0.430. The summed E-state index contributed by atoms with van der Waals surface area (Å²) in [5, 5.41) is 12.4. The summed E-state index contributed by atoms with van der Waals surface area (Å²) in [5.74, 6) is -1.17. The Morgan fingerprint density at radius 1 is 1.73 bits per heavy atom. The van der Waals surface area contributed by atoms with Crippen LogP contribution in [0.1, 0.15) is 6.92 Å². The van der Waals surface area contributed by atoms with E-state index in [4.69, 9.17) is 0 Å². The third-order valence-corrected chi connectivity index (χ3v) is 1.37. The molecule has 11 heavy (non-hydrogen) atoms. The SMILES string of the molecule is C=C(C(C)C(=O)NC)[N+](=O)[O-]. The third kappa shape index (κ3) is 2.37. The molecule has 0 aliphatic carbocycles. The zero-order valence-corrected chi connectivity index (χ0v) is 6.46. The predicted molar refractivity (Wildman–Crippen MR) is 39.4 cm³/mol. The standard InChI is InChI=1S/C6H10N2O3/c1-4(6(9)7-3)5(2)8(10)11/h4H,2H2,1,3H3,(H,7,9). The van der Waals surface area contributed by atoms with Gasteiger partial charge in [-0.05, 0) is 13.5 Å². The number of hydrogen-bond acceptors (Lipinski definition) is 3. The molecule has 1 atom stereocenters. The molecular formula is C6H10N2O3. The first-order valence-corrected chi connectivity index (χ1v) is 3.05.